The number of hydrogen-bond donors (Lipinski definition) is 2. The lowest BCUT2D eigenvalue weighted by Gasteiger charge is -2.15. The third kappa shape index (κ3) is 3.49. The number of amides is 1. The minimum atomic E-state index is -1.15. The summed E-state index contributed by atoms with van der Waals surface area (Å²) in [4.78, 5) is 28.5. The number of carboxylic acids is 1. The molecule has 0 bridgehead atoms. The van der Waals surface area contributed by atoms with Crippen LogP contribution in [0.1, 0.15) is 34.8 Å². The Morgan fingerprint density at radius 1 is 1.42 bits per heavy atom. The van der Waals surface area contributed by atoms with E-state index in [1.54, 1.807) is 24.3 Å². The number of carbonyl (C=O) groups is 2. The molecular weight excluding hydrogens is 332 g/mol. The van der Waals surface area contributed by atoms with E-state index >= 15 is 0 Å². The van der Waals surface area contributed by atoms with Crippen LogP contribution in [0.25, 0.3) is 10.9 Å². The first-order chi connectivity index (χ1) is 11.5. The van der Waals surface area contributed by atoms with Crippen LogP contribution in [0, 0.1) is 0 Å². The van der Waals surface area contributed by atoms with Crippen molar-refractivity contribution in [1.29, 1.82) is 0 Å². The van der Waals surface area contributed by atoms with Gasteiger partial charge in [0.15, 0.2) is 6.04 Å². The van der Waals surface area contributed by atoms with Gasteiger partial charge in [-0.25, -0.2) is 4.79 Å². The second kappa shape index (κ2) is 6.75. The molecule has 1 fully saturated rings. The van der Waals surface area contributed by atoms with Gasteiger partial charge in [-0.15, -0.1) is 0 Å². The molecule has 6 nitrogen and oxygen atoms in total. The molecule has 1 aliphatic carbocycles. The maximum Gasteiger partial charge on any atom is 0.328 e. The molecule has 2 N–H and O–H groups in total. The number of rotatable bonds is 6. The zero-order valence-electron chi connectivity index (χ0n) is 13.1. The van der Waals surface area contributed by atoms with E-state index in [4.69, 9.17) is 16.3 Å². The van der Waals surface area contributed by atoms with Gasteiger partial charge in [0.05, 0.1) is 17.7 Å². The highest BCUT2D eigenvalue weighted by atomic mass is 35.5. The molecule has 7 heteroatoms. The van der Waals surface area contributed by atoms with Crippen molar-refractivity contribution in [3.8, 4) is 0 Å². The van der Waals surface area contributed by atoms with Gasteiger partial charge in [-0.2, -0.15) is 0 Å². The summed E-state index contributed by atoms with van der Waals surface area (Å²) in [5.74, 6) is -1.26. The van der Waals surface area contributed by atoms with Crippen LogP contribution in [0.2, 0.25) is 5.02 Å². The fourth-order valence-electron chi connectivity index (χ4n) is 2.57. The Kier molecular flexibility index (Phi) is 4.69. The lowest BCUT2D eigenvalue weighted by Crippen LogP contribution is -2.43. The third-order valence-electron chi connectivity index (χ3n) is 3.97. The van der Waals surface area contributed by atoms with E-state index in [0.717, 1.165) is 18.5 Å². The highest BCUT2D eigenvalue weighted by Gasteiger charge is 2.28. The van der Waals surface area contributed by atoms with Gasteiger partial charge in [-0.05, 0) is 37.1 Å². The number of ether oxygens (including phenoxy) is 1. The number of methoxy groups -OCH3 is 1. The number of halogens is 1. The van der Waals surface area contributed by atoms with Crippen molar-refractivity contribution in [2.24, 2.45) is 0 Å². The van der Waals surface area contributed by atoms with Crippen LogP contribution in [0.5, 0.6) is 0 Å². The molecule has 0 aliphatic heterocycles. The fraction of sp³-hybridized carbons (Fsp3) is 0.353. The molecule has 2 aromatic rings. The SMILES string of the molecule is COCC(NC(=O)c1cc(C2CC2)nc2ccc(Cl)cc12)C(=O)O. The lowest BCUT2D eigenvalue weighted by molar-refractivity contribution is -0.140. The maximum absolute atomic E-state index is 12.7. The first kappa shape index (κ1) is 16.7. The molecule has 1 aliphatic rings. The smallest absolute Gasteiger partial charge is 0.328 e. The van der Waals surface area contributed by atoms with E-state index in [1.165, 1.54) is 7.11 Å². The van der Waals surface area contributed by atoms with E-state index in [9.17, 15) is 14.7 Å². The number of aromatic nitrogens is 1. The molecule has 24 heavy (non-hydrogen) atoms. The number of nitrogens with zero attached hydrogens (tertiary/aromatic N) is 1. The van der Waals surface area contributed by atoms with Crippen molar-refractivity contribution >= 4 is 34.4 Å². The second-order valence-corrected chi connectivity index (χ2v) is 6.29. The Morgan fingerprint density at radius 2 is 2.17 bits per heavy atom. The number of carbonyl (C=O) groups excluding carboxylic acids is 1. The van der Waals surface area contributed by atoms with Crippen LogP contribution in [0.4, 0.5) is 0 Å². The summed E-state index contributed by atoms with van der Waals surface area (Å²) in [5, 5.41) is 12.8. The second-order valence-electron chi connectivity index (χ2n) is 5.85. The predicted octanol–water partition coefficient (Wildman–Crippen LogP) is 2.60. The minimum Gasteiger partial charge on any atom is -0.480 e. The van der Waals surface area contributed by atoms with Crippen LogP contribution in [-0.2, 0) is 9.53 Å². The minimum absolute atomic E-state index is 0.111. The number of fused-ring (bicyclic) bond motifs is 1. The van der Waals surface area contributed by atoms with Crippen molar-refractivity contribution < 1.29 is 19.4 Å². The van der Waals surface area contributed by atoms with Gasteiger partial charge in [0.25, 0.3) is 5.91 Å². The van der Waals surface area contributed by atoms with Gasteiger partial charge in [0, 0.05) is 29.1 Å². The van der Waals surface area contributed by atoms with Crippen LogP contribution in [0.15, 0.2) is 24.3 Å². The largest absolute Gasteiger partial charge is 0.480 e. The first-order valence-electron chi connectivity index (χ1n) is 7.62. The van der Waals surface area contributed by atoms with Gasteiger partial charge in [0.2, 0.25) is 0 Å². The maximum atomic E-state index is 12.7. The topological polar surface area (TPSA) is 88.5 Å². The van der Waals surface area contributed by atoms with E-state index in [-0.39, 0.29) is 6.61 Å². The van der Waals surface area contributed by atoms with E-state index in [0.29, 0.717) is 27.4 Å². The Hall–Kier alpha value is -2.18. The van der Waals surface area contributed by atoms with Crippen molar-refractivity contribution in [2.45, 2.75) is 24.8 Å². The third-order valence-corrected chi connectivity index (χ3v) is 4.20. The molecule has 0 saturated heterocycles. The molecule has 0 spiro atoms. The van der Waals surface area contributed by atoms with Gasteiger partial charge in [-0.3, -0.25) is 9.78 Å². The van der Waals surface area contributed by atoms with E-state index in [2.05, 4.69) is 10.3 Å². The van der Waals surface area contributed by atoms with Crippen LogP contribution < -0.4 is 5.32 Å². The Morgan fingerprint density at radius 3 is 2.79 bits per heavy atom. The monoisotopic (exact) mass is 348 g/mol. The van der Waals surface area contributed by atoms with Gasteiger partial charge in [0.1, 0.15) is 0 Å². The summed E-state index contributed by atoms with van der Waals surface area (Å²) in [6.45, 7) is -0.111. The average Bonchev–Trinajstić information content (AvgIpc) is 3.38. The van der Waals surface area contributed by atoms with Crippen molar-refractivity contribution in [3.05, 3.63) is 40.5 Å². The normalized spacial score (nSPS) is 15.2. The van der Waals surface area contributed by atoms with Gasteiger partial charge in [-0.1, -0.05) is 11.6 Å². The lowest BCUT2D eigenvalue weighted by atomic mass is 10.0. The molecule has 0 radical (unpaired) electrons. The number of carboxylic acid groups (broad SMARTS) is 1. The number of pyridine rings is 1. The quantitative estimate of drug-likeness (QED) is 0.837. The number of benzene rings is 1. The number of aliphatic carboxylic acids is 1. The first-order valence-corrected chi connectivity index (χ1v) is 8.00. The molecule has 3 rings (SSSR count). The summed E-state index contributed by atoms with van der Waals surface area (Å²) in [6, 6.07) is 5.78. The molecule has 1 aromatic heterocycles. The van der Waals surface area contributed by atoms with Crippen LogP contribution in [-0.4, -0.2) is 41.7 Å². The molecule has 1 saturated carbocycles. The zero-order valence-corrected chi connectivity index (χ0v) is 13.8. The standard InChI is InChI=1S/C17H17ClN2O4/c1-24-8-15(17(22)23)20-16(21)12-7-14(9-2-3-9)19-13-5-4-10(18)6-11(12)13/h4-7,9,15H,2-3,8H2,1H3,(H,20,21)(H,22,23). The van der Waals surface area contributed by atoms with E-state index < -0.39 is 17.9 Å². The van der Waals surface area contributed by atoms with Crippen LogP contribution in [0.3, 0.4) is 0 Å². The molecule has 1 heterocycles. The highest BCUT2D eigenvalue weighted by molar-refractivity contribution is 6.31. The number of nitrogens with one attached hydrogen (secondary N) is 1. The molecule has 1 aromatic carbocycles. The Labute approximate surface area is 143 Å². The summed E-state index contributed by atoms with van der Waals surface area (Å²) < 4.78 is 4.85. The molecule has 1 unspecified atom stereocenters. The zero-order chi connectivity index (χ0) is 17.3. The Balaban J connectivity index is 2.01. The molecule has 1 amide bonds. The van der Waals surface area contributed by atoms with Gasteiger partial charge < -0.3 is 15.2 Å². The number of hydrogen-bond acceptors (Lipinski definition) is 4. The fourth-order valence-corrected chi connectivity index (χ4v) is 2.74. The molecule has 126 valence electrons. The molecular formula is C17H17ClN2O4. The molecule has 1 atom stereocenters. The summed E-state index contributed by atoms with van der Waals surface area (Å²) in [5.41, 5.74) is 1.91. The predicted molar refractivity (Wildman–Crippen MR) is 89.5 cm³/mol. The summed E-state index contributed by atoms with van der Waals surface area (Å²) in [7, 11) is 1.38. The van der Waals surface area contributed by atoms with Gasteiger partial charge >= 0.3 is 5.97 Å². The van der Waals surface area contributed by atoms with Crippen molar-refractivity contribution in [3.63, 3.8) is 0 Å². The Bertz CT molecular complexity index is 805. The average molecular weight is 349 g/mol. The highest BCUT2D eigenvalue weighted by Crippen LogP contribution is 2.40. The summed E-state index contributed by atoms with van der Waals surface area (Å²) in [6.07, 6.45) is 2.10. The van der Waals surface area contributed by atoms with Crippen molar-refractivity contribution in [1.82, 2.24) is 10.3 Å². The van der Waals surface area contributed by atoms with E-state index in [1.807, 2.05) is 0 Å². The van der Waals surface area contributed by atoms with Crippen molar-refractivity contribution in [2.75, 3.05) is 13.7 Å². The summed E-state index contributed by atoms with van der Waals surface area (Å²) >= 11 is 6.04. The van der Waals surface area contributed by atoms with Crippen LogP contribution >= 0.6 is 11.6 Å².